The number of anilines is 2. The Morgan fingerprint density at radius 2 is 1.97 bits per heavy atom. The number of carbonyl (C=O) groups excluding carboxylic acids is 1. The molecule has 2 aliphatic rings. The molecule has 3 aromatic rings. The molecule has 2 aromatic carbocycles. The van der Waals surface area contributed by atoms with Gasteiger partial charge in [0.25, 0.3) is 15.9 Å². The number of thiazole rings is 1. The molecule has 9 heteroatoms. The van der Waals surface area contributed by atoms with Gasteiger partial charge in [0.05, 0.1) is 15.9 Å². The predicted octanol–water partition coefficient (Wildman–Crippen LogP) is 4.65. The van der Waals surface area contributed by atoms with Gasteiger partial charge in [0.1, 0.15) is 10.7 Å². The van der Waals surface area contributed by atoms with Crippen molar-refractivity contribution < 1.29 is 13.2 Å². The molecule has 0 radical (unpaired) electrons. The van der Waals surface area contributed by atoms with Crippen LogP contribution in [0.25, 0.3) is 10.2 Å². The fourth-order valence-corrected chi connectivity index (χ4v) is 6.54. The van der Waals surface area contributed by atoms with Crippen LogP contribution in [0.2, 0.25) is 0 Å². The molecular formula is C22H22N4O3S2. The van der Waals surface area contributed by atoms with Crippen molar-refractivity contribution >= 4 is 54.1 Å². The maximum atomic E-state index is 12.9. The van der Waals surface area contributed by atoms with Crippen molar-refractivity contribution in [3.05, 3.63) is 47.0 Å². The minimum atomic E-state index is -3.84. The third-order valence-corrected chi connectivity index (χ3v) is 7.91. The van der Waals surface area contributed by atoms with Gasteiger partial charge in [0.2, 0.25) is 0 Å². The molecule has 5 rings (SSSR count). The summed E-state index contributed by atoms with van der Waals surface area (Å²) in [5, 5.41) is 3.31. The number of amidine groups is 1. The topological polar surface area (TPSA) is 91.7 Å². The van der Waals surface area contributed by atoms with E-state index >= 15 is 0 Å². The van der Waals surface area contributed by atoms with Gasteiger partial charge in [-0.3, -0.25) is 10.1 Å². The number of hydrogen-bond donors (Lipinski definition) is 1. The Morgan fingerprint density at radius 3 is 2.81 bits per heavy atom. The number of fused-ring (bicyclic) bond motifs is 4. The van der Waals surface area contributed by atoms with Crippen LogP contribution >= 0.6 is 11.3 Å². The highest BCUT2D eigenvalue weighted by atomic mass is 32.2. The van der Waals surface area contributed by atoms with Crippen molar-refractivity contribution in [1.29, 1.82) is 0 Å². The lowest BCUT2D eigenvalue weighted by Gasteiger charge is -2.29. The lowest BCUT2D eigenvalue weighted by Crippen LogP contribution is -2.35. The van der Waals surface area contributed by atoms with E-state index < -0.39 is 15.9 Å². The monoisotopic (exact) mass is 454 g/mol. The van der Waals surface area contributed by atoms with Gasteiger partial charge in [-0.2, -0.15) is 8.42 Å². The molecule has 1 fully saturated rings. The molecule has 1 N–H and O–H groups in total. The highest BCUT2D eigenvalue weighted by Gasteiger charge is 2.32. The molecule has 7 nitrogen and oxygen atoms in total. The minimum Gasteiger partial charge on any atom is -0.328 e. The van der Waals surface area contributed by atoms with E-state index in [1.165, 1.54) is 17.4 Å². The number of sulfonamides is 1. The molecule has 0 saturated carbocycles. The van der Waals surface area contributed by atoms with Crippen LogP contribution < -0.4 is 10.2 Å². The van der Waals surface area contributed by atoms with Crippen molar-refractivity contribution in [1.82, 2.24) is 4.98 Å². The average molecular weight is 455 g/mol. The van der Waals surface area contributed by atoms with Gasteiger partial charge < -0.3 is 4.90 Å². The number of nitrogens with one attached hydrogen (secondary N) is 1. The van der Waals surface area contributed by atoms with Crippen LogP contribution in [0, 0.1) is 13.8 Å². The molecule has 2 aliphatic heterocycles. The third kappa shape index (κ3) is 3.61. The Balaban J connectivity index is 1.48. The lowest BCUT2D eigenvalue weighted by molar-refractivity contribution is 0.102. The maximum Gasteiger partial charge on any atom is 0.286 e. The van der Waals surface area contributed by atoms with Gasteiger partial charge in [0, 0.05) is 18.5 Å². The van der Waals surface area contributed by atoms with E-state index in [-0.39, 0.29) is 10.5 Å². The maximum absolute atomic E-state index is 12.9. The summed E-state index contributed by atoms with van der Waals surface area (Å²) >= 11 is 1.40. The highest BCUT2D eigenvalue weighted by molar-refractivity contribution is 7.90. The molecule has 0 aliphatic carbocycles. The summed E-state index contributed by atoms with van der Waals surface area (Å²) in [7, 11) is -3.84. The SMILES string of the molecule is Cc1cc(C)c2nc(NC(=O)c3ccc4c(c3)S(=O)(=O)N=C3CCCCCN34)sc2c1. The van der Waals surface area contributed by atoms with Crippen LogP contribution in [0.3, 0.4) is 0 Å². The molecule has 1 aromatic heterocycles. The van der Waals surface area contributed by atoms with E-state index in [2.05, 4.69) is 20.8 Å². The van der Waals surface area contributed by atoms with Crippen LogP contribution in [0.5, 0.6) is 0 Å². The summed E-state index contributed by atoms with van der Waals surface area (Å²) < 4.78 is 30.7. The minimum absolute atomic E-state index is 0.0848. The Hall–Kier alpha value is -2.78. The molecule has 1 saturated heterocycles. The fraction of sp³-hybridized carbons (Fsp3) is 0.318. The Labute approximate surface area is 184 Å². The van der Waals surface area contributed by atoms with E-state index in [0.717, 1.165) is 47.2 Å². The van der Waals surface area contributed by atoms with Gasteiger partial charge in [0.15, 0.2) is 5.13 Å². The number of hydrogen-bond acceptors (Lipinski definition) is 6. The zero-order valence-corrected chi connectivity index (χ0v) is 18.9. The molecule has 3 heterocycles. The van der Waals surface area contributed by atoms with Crippen molar-refractivity contribution in [3.63, 3.8) is 0 Å². The number of carbonyl (C=O) groups is 1. The van der Waals surface area contributed by atoms with Gasteiger partial charge >= 0.3 is 0 Å². The van der Waals surface area contributed by atoms with Crippen LogP contribution in [0.1, 0.15) is 47.2 Å². The quantitative estimate of drug-likeness (QED) is 0.609. The second-order valence-corrected chi connectivity index (χ2v) is 10.6. The largest absolute Gasteiger partial charge is 0.328 e. The van der Waals surface area contributed by atoms with Crippen LogP contribution in [-0.2, 0) is 10.0 Å². The first-order chi connectivity index (χ1) is 14.8. The van der Waals surface area contributed by atoms with E-state index in [9.17, 15) is 13.2 Å². The fourth-order valence-electron chi connectivity index (χ4n) is 4.21. The number of aromatic nitrogens is 1. The van der Waals surface area contributed by atoms with E-state index in [4.69, 9.17) is 0 Å². The Bertz CT molecular complexity index is 1360. The number of nitrogens with zero attached hydrogens (tertiary/aromatic N) is 3. The molecule has 1 amide bonds. The Kier molecular flexibility index (Phi) is 4.82. The van der Waals surface area contributed by atoms with Crippen molar-refractivity contribution in [2.45, 2.75) is 44.4 Å². The van der Waals surface area contributed by atoms with E-state index in [0.29, 0.717) is 23.1 Å². The van der Waals surface area contributed by atoms with E-state index in [1.54, 1.807) is 12.1 Å². The summed E-state index contributed by atoms with van der Waals surface area (Å²) in [4.78, 5) is 19.5. The van der Waals surface area contributed by atoms with Gasteiger partial charge in [-0.25, -0.2) is 4.98 Å². The summed E-state index contributed by atoms with van der Waals surface area (Å²) in [6, 6.07) is 8.90. The average Bonchev–Trinajstić information content (AvgIpc) is 2.97. The summed E-state index contributed by atoms with van der Waals surface area (Å²) in [5.41, 5.74) is 3.93. The normalized spacial score (nSPS) is 17.5. The highest BCUT2D eigenvalue weighted by Crippen LogP contribution is 2.35. The Morgan fingerprint density at radius 1 is 1.13 bits per heavy atom. The van der Waals surface area contributed by atoms with Crippen LogP contribution in [0.15, 0.2) is 39.6 Å². The number of aryl methyl sites for hydroxylation is 2. The summed E-state index contributed by atoms with van der Waals surface area (Å²) in [6.07, 6.45) is 3.61. The number of amides is 1. The first-order valence-electron chi connectivity index (χ1n) is 10.3. The van der Waals surface area contributed by atoms with Gasteiger partial charge in [-0.1, -0.05) is 23.8 Å². The number of rotatable bonds is 2. The van der Waals surface area contributed by atoms with Crippen molar-refractivity contribution in [2.24, 2.45) is 4.40 Å². The molecular weight excluding hydrogens is 432 g/mol. The zero-order valence-electron chi connectivity index (χ0n) is 17.3. The molecule has 0 bridgehead atoms. The second-order valence-electron chi connectivity index (χ2n) is 8.03. The number of benzene rings is 2. The second kappa shape index (κ2) is 7.42. The van der Waals surface area contributed by atoms with Crippen LogP contribution in [-0.4, -0.2) is 31.7 Å². The predicted molar refractivity (Wildman–Crippen MR) is 124 cm³/mol. The zero-order chi connectivity index (χ0) is 21.8. The summed E-state index contributed by atoms with van der Waals surface area (Å²) in [6.45, 7) is 4.75. The van der Waals surface area contributed by atoms with E-state index in [1.807, 2.05) is 24.8 Å². The van der Waals surface area contributed by atoms with Crippen molar-refractivity contribution in [2.75, 3.05) is 16.8 Å². The third-order valence-electron chi connectivity index (χ3n) is 5.66. The smallest absolute Gasteiger partial charge is 0.286 e. The first-order valence-corrected chi connectivity index (χ1v) is 12.5. The summed E-state index contributed by atoms with van der Waals surface area (Å²) in [5.74, 6) is 0.208. The molecule has 0 atom stereocenters. The van der Waals surface area contributed by atoms with Gasteiger partial charge in [-0.15, -0.1) is 4.40 Å². The van der Waals surface area contributed by atoms with Crippen molar-refractivity contribution in [3.8, 4) is 0 Å². The molecule has 160 valence electrons. The molecule has 0 spiro atoms. The molecule has 0 unspecified atom stereocenters. The van der Waals surface area contributed by atoms with Gasteiger partial charge in [-0.05, 0) is 62.1 Å². The lowest BCUT2D eigenvalue weighted by atomic mass is 10.1. The first kappa shape index (κ1) is 20.1. The van der Waals surface area contributed by atoms with Crippen LogP contribution in [0.4, 0.5) is 10.8 Å². The standard InChI is InChI=1S/C22H22N4O3S2/c1-13-10-14(2)20-17(11-13)30-22(23-20)24-21(27)15-7-8-16-18(12-15)31(28,29)25-19-6-4-3-5-9-26(16)19/h7-8,10-12H,3-6,9H2,1-2H3,(H,23,24,27). The molecule has 31 heavy (non-hydrogen) atoms.